The standard InChI is InChI=1S/C15H12N4O2S2/c1-9(20)17-15-19-11-3-2-10(8-12(11)23-15)18-13(21)4-5-14-16-6-7-22-14/h2-8H,1H3,(H,18,21)(H,17,19,20)/b5-4-. The van der Waals surface area contributed by atoms with Crippen molar-refractivity contribution < 1.29 is 9.59 Å². The van der Waals surface area contributed by atoms with Crippen LogP contribution >= 0.6 is 22.7 Å². The quantitative estimate of drug-likeness (QED) is 0.711. The third-order valence-corrected chi connectivity index (χ3v) is 4.44. The van der Waals surface area contributed by atoms with Crippen LogP contribution in [0.3, 0.4) is 0 Å². The average molecular weight is 344 g/mol. The Morgan fingerprint density at radius 3 is 2.87 bits per heavy atom. The van der Waals surface area contributed by atoms with Gasteiger partial charge >= 0.3 is 0 Å². The predicted molar refractivity (Wildman–Crippen MR) is 93.7 cm³/mol. The molecule has 0 aliphatic heterocycles. The van der Waals surface area contributed by atoms with E-state index in [2.05, 4.69) is 20.6 Å². The van der Waals surface area contributed by atoms with E-state index in [1.165, 1.54) is 35.7 Å². The Hall–Kier alpha value is -2.58. The Morgan fingerprint density at radius 1 is 1.26 bits per heavy atom. The first kappa shape index (κ1) is 15.3. The Bertz CT molecular complexity index is 884. The first-order valence-corrected chi connectivity index (χ1v) is 8.36. The summed E-state index contributed by atoms with van der Waals surface area (Å²) in [4.78, 5) is 31.3. The maximum Gasteiger partial charge on any atom is 0.248 e. The van der Waals surface area contributed by atoms with Gasteiger partial charge in [-0.15, -0.1) is 11.3 Å². The van der Waals surface area contributed by atoms with Crippen LogP contribution in [0.15, 0.2) is 35.9 Å². The van der Waals surface area contributed by atoms with E-state index in [-0.39, 0.29) is 11.8 Å². The summed E-state index contributed by atoms with van der Waals surface area (Å²) < 4.78 is 0.885. The van der Waals surface area contributed by atoms with Crippen LogP contribution in [0.25, 0.3) is 16.3 Å². The summed E-state index contributed by atoms with van der Waals surface area (Å²) in [6.45, 7) is 1.44. The number of nitrogens with one attached hydrogen (secondary N) is 2. The number of fused-ring (bicyclic) bond motifs is 1. The first-order chi connectivity index (χ1) is 11.1. The van der Waals surface area contributed by atoms with E-state index in [1.54, 1.807) is 24.4 Å². The number of anilines is 2. The lowest BCUT2D eigenvalue weighted by Gasteiger charge is -2.01. The van der Waals surface area contributed by atoms with Gasteiger partial charge in [0.2, 0.25) is 11.8 Å². The number of carbonyl (C=O) groups excluding carboxylic acids is 2. The van der Waals surface area contributed by atoms with Crippen LogP contribution in [0, 0.1) is 0 Å². The second-order valence-electron chi connectivity index (χ2n) is 4.58. The zero-order valence-corrected chi connectivity index (χ0v) is 13.7. The number of nitrogens with zero attached hydrogens (tertiary/aromatic N) is 2. The molecule has 0 aliphatic rings. The van der Waals surface area contributed by atoms with Crippen LogP contribution in [0.4, 0.5) is 10.8 Å². The van der Waals surface area contributed by atoms with E-state index in [4.69, 9.17) is 0 Å². The second kappa shape index (κ2) is 6.67. The summed E-state index contributed by atoms with van der Waals surface area (Å²) in [5.41, 5.74) is 1.44. The first-order valence-electron chi connectivity index (χ1n) is 6.67. The number of thiazole rings is 2. The van der Waals surface area contributed by atoms with Crippen LogP contribution in [-0.4, -0.2) is 21.8 Å². The molecule has 2 amide bonds. The summed E-state index contributed by atoms with van der Waals surface area (Å²) in [6, 6.07) is 5.40. The van der Waals surface area contributed by atoms with Crippen LogP contribution < -0.4 is 10.6 Å². The van der Waals surface area contributed by atoms with E-state index in [9.17, 15) is 9.59 Å². The Labute approximate surface area is 139 Å². The largest absolute Gasteiger partial charge is 0.322 e. The van der Waals surface area contributed by atoms with Gasteiger partial charge in [0.05, 0.1) is 10.2 Å². The minimum atomic E-state index is -0.230. The molecule has 1 aromatic carbocycles. The predicted octanol–water partition coefficient (Wildman–Crippen LogP) is 3.36. The van der Waals surface area contributed by atoms with Crippen LogP contribution in [-0.2, 0) is 9.59 Å². The molecule has 0 aliphatic carbocycles. The summed E-state index contributed by atoms with van der Waals surface area (Å²) in [7, 11) is 0. The van der Waals surface area contributed by atoms with Crippen molar-refractivity contribution in [3.05, 3.63) is 40.9 Å². The maximum absolute atomic E-state index is 11.9. The molecular weight excluding hydrogens is 332 g/mol. The average Bonchev–Trinajstić information content (AvgIpc) is 3.12. The third-order valence-electron chi connectivity index (χ3n) is 2.77. The zero-order valence-electron chi connectivity index (χ0n) is 12.1. The summed E-state index contributed by atoms with van der Waals surface area (Å²) in [6.07, 6.45) is 4.80. The molecule has 3 aromatic rings. The molecule has 3 rings (SSSR count). The Kier molecular flexibility index (Phi) is 4.45. The van der Waals surface area contributed by atoms with Crippen molar-refractivity contribution in [2.45, 2.75) is 6.92 Å². The number of aromatic nitrogens is 2. The van der Waals surface area contributed by atoms with Crippen molar-refractivity contribution in [1.29, 1.82) is 0 Å². The normalized spacial score (nSPS) is 11.0. The zero-order chi connectivity index (χ0) is 16.2. The molecule has 2 heterocycles. The summed E-state index contributed by atoms with van der Waals surface area (Å²) in [5.74, 6) is -0.393. The van der Waals surface area contributed by atoms with Gasteiger partial charge in [0.15, 0.2) is 5.13 Å². The van der Waals surface area contributed by atoms with Gasteiger partial charge in [-0.25, -0.2) is 9.97 Å². The molecule has 0 saturated heterocycles. The lowest BCUT2D eigenvalue weighted by atomic mass is 10.3. The van der Waals surface area contributed by atoms with Gasteiger partial charge in [-0.05, 0) is 24.3 Å². The minimum Gasteiger partial charge on any atom is -0.322 e. The Balaban J connectivity index is 1.72. The van der Waals surface area contributed by atoms with Gasteiger partial charge in [0.1, 0.15) is 5.01 Å². The summed E-state index contributed by atoms with van der Waals surface area (Å²) in [5, 5.41) is 8.61. The van der Waals surface area contributed by atoms with Crippen LogP contribution in [0.2, 0.25) is 0 Å². The Morgan fingerprint density at radius 2 is 2.13 bits per heavy atom. The van der Waals surface area contributed by atoms with Gasteiger partial charge in [-0.3, -0.25) is 9.59 Å². The van der Waals surface area contributed by atoms with Crippen molar-refractivity contribution in [3.8, 4) is 0 Å². The van der Waals surface area contributed by atoms with Gasteiger partial charge < -0.3 is 10.6 Å². The molecule has 2 N–H and O–H groups in total. The van der Waals surface area contributed by atoms with Gasteiger partial charge in [-0.2, -0.15) is 0 Å². The molecule has 0 saturated carbocycles. The number of carbonyl (C=O) groups is 2. The monoisotopic (exact) mass is 344 g/mol. The smallest absolute Gasteiger partial charge is 0.248 e. The van der Waals surface area contributed by atoms with Crippen LogP contribution in [0.1, 0.15) is 11.9 Å². The maximum atomic E-state index is 11.9. The molecule has 0 bridgehead atoms. The number of amides is 2. The van der Waals surface area contributed by atoms with Crippen molar-refractivity contribution >= 4 is 61.6 Å². The highest BCUT2D eigenvalue weighted by Crippen LogP contribution is 2.28. The van der Waals surface area contributed by atoms with Crippen molar-refractivity contribution in [3.63, 3.8) is 0 Å². The highest BCUT2D eigenvalue weighted by Gasteiger charge is 2.07. The second-order valence-corrected chi connectivity index (χ2v) is 6.53. The number of hydrogen-bond donors (Lipinski definition) is 2. The van der Waals surface area contributed by atoms with E-state index in [1.807, 2.05) is 11.4 Å². The molecule has 23 heavy (non-hydrogen) atoms. The van der Waals surface area contributed by atoms with Crippen molar-refractivity contribution in [2.75, 3.05) is 10.6 Å². The van der Waals surface area contributed by atoms with Crippen molar-refractivity contribution in [2.24, 2.45) is 0 Å². The molecule has 8 heteroatoms. The fourth-order valence-electron chi connectivity index (χ4n) is 1.85. The van der Waals surface area contributed by atoms with Gasteiger partial charge in [-0.1, -0.05) is 11.3 Å². The lowest BCUT2D eigenvalue weighted by Crippen LogP contribution is -2.07. The van der Waals surface area contributed by atoms with E-state index < -0.39 is 0 Å². The van der Waals surface area contributed by atoms with E-state index in [0.717, 1.165) is 15.2 Å². The van der Waals surface area contributed by atoms with E-state index in [0.29, 0.717) is 10.8 Å². The van der Waals surface area contributed by atoms with Crippen molar-refractivity contribution in [1.82, 2.24) is 9.97 Å². The SMILES string of the molecule is CC(=O)Nc1nc2ccc(NC(=O)/C=C\c3nccs3)cc2s1. The summed E-state index contributed by atoms with van der Waals surface area (Å²) >= 11 is 2.82. The molecule has 6 nitrogen and oxygen atoms in total. The number of benzene rings is 1. The van der Waals surface area contributed by atoms with Gasteiger partial charge in [0, 0.05) is 30.3 Å². The minimum absolute atomic E-state index is 0.162. The molecule has 0 spiro atoms. The molecule has 0 atom stereocenters. The highest BCUT2D eigenvalue weighted by atomic mass is 32.1. The van der Waals surface area contributed by atoms with Gasteiger partial charge in [0.25, 0.3) is 0 Å². The molecule has 0 fully saturated rings. The topological polar surface area (TPSA) is 84.0 Å². The molecule has 0 unspecified atom stereocenters. The fraction of sp³-hybridized carbons (Fsp3) is 0.0667. The molecule has 0 radical (unpaired) electrons. The highest BCUT2D eigenvalue weighted by molar-refractivity contribution is 7.22. The van der Waals surface area contributed by atoms with E-state index >= 15 is 0 Å². The molecule has 116 valence electrons. The van der Waals surface area contributed by atoms with Crippen LogP contribution in [0.5, 0.6) is 0 Å². The molecular formula is C15H12N4O2S2. The third kappa shape index (κ3) is 3.99. The number of hydrogen-bond acceptors (Lipinski definition) is 6. The lowest BCUT2D eigenvalue weighted by molar-refractivity contribution is -0.114. The molecule has 2 aromatic heterocycles. The number of rotatable bonds is 4. The fourth-order valence-corrected chi connectivity index (χ4v) is 3.33.